The molecule has 0 saturated carbocycles. The zero-order valence-electron chi connectivity index (χ0n) is 21.4. The van der Waals surface area contributed by atoms with Crippen LogP contribution in [0.3, 0.4) is 0 Å². The third-order valence-electron chi connectivity index (χ3n) is 6.27. The van der Waals surface area contributed by atoms with Crippen molar-refractivity contribution in [3.8, 4) is 28.4 Å². The molecule has 4 aromatic carbocycles. The summed E-state index contributed by atoms with van der Waals surface area (Å²) in [6.07, 6.45) is -0.198. The predicted molar refractivity (Wildman–Crippen MR) is 138 cm³/mol. The molecular formula is C31H19F5O5. The molecule has 0 fully saturated rings. The summed E-state index contributed by atoms with van der Waals surface area (Å²) in [6.45, 7) is 2.59. The van der Waals surface area contributed by atoms with E-state index in [4.69, 9.17) is 14.2 Å². The van der Waals surface area contributed by atoms with Crippen molar-refractivity contribution in [2.75, 3.05) is 0 Å². The van der Waals surface area contributed by atoms with Crippen LogP contribution in [0.4, 0.5) is 22.0 Å². The van der Waals surface area contributed by atoms with Crippen molar-refractivity contribution in [2.24, 2.45) is 0 Å². The molecule has 0 saturated heterocycles. The van der Waals surface area contributed by atoms with Gasteiger partial charge in [-0.05, 0) is 48.2 Å². The van der Waals surface area contributed by atoms with E-state index in [9.17, 15) is 31.5 Å². The summed E-state index contributed by atoms with van der Waals surface area (Å²) in [7, 11) is 0. The van der Waals surface area contributed by atoms with Gasteiger partial charge in [0.2, 0.25) is 34.9 Å². The lowest BCUT2D eigenvalue weighted by atomic mass is 10.0. The van der Waals surface area contributed by atoms with Crippen molar-refractivity contribution in [1.82, 2.24) is 0 Å². The van der Waals surface area contributed by atoms with E-state index in [1.807, 2.05) is 54.6 Å². The predicted octanol–water partition coefficient (Wildman–Crippen LogP) is 7.35. The van der Waals surface area contributed by atoms with Gasteiger partial charge < -0.3 is 14.2 Å². The van der Waals surface area contributed by atoms with Gasteiger partial charge in [-0.15, -0.1) is 0 Å². The smallest absolute Gasteiger partial charge is 0.352 e. The van der Waals surface area contributed by atoms with Gasteiger partial charge in [0.1, 0.15) is 11.5 Å². The molecule has 41 heavy (non-hydrogen) atoms. The van der Waals surface area contributed by atoms with E-state index in [0.717, 1.165) is 18.1 Å². The molecule has 0 aromatic heterocycles. The molecule has 5 rings (SSSR count). The first-order valence-corrected chi connectivity index (χ1v) is 12.2. The molecule has 0 amide bonds. The third kappa shape index (κ3) is 5.28. The van der Waals surface area contributed by atoms with E-state index in [0.29, 0.717) is 11.1 Å². The molecule has 1 atom stereocenters. The summed E-state index contributed by atoms with van der Waals surface area (Å²) in [5.74, 6) is -14.4. The number of allylic oxidation sites excluding steroid dienone is 1. The van der Waals surface area contributed by atoms with Gasteiger partial charge in [-0.3, -0.25) is 4.79 Å². The van der Waals surface area contributed by atoms with Crippen molar-refractivity contribution >= 4 is 17.8 Å². The van der Waals surface area contributed by atoms with Gasteiger partial charge in [-0.25, -0.2) is 18.0 Å². The minimum Gasteiger partial charge on any atom is -0.473 e. The van der Waals surface area contributed by atoms with Crippen LogP contribution in [0.2, 0.25) is 0 Å². The molecule has 208 valence electrons. The maximum atomic E-state index is 13.9. The highest BCUT2D eigenvalue weighted by Crippen LogP contribution is 2.38. The number of rotatable bonds is 6. The lowest BCUT2D eigenvalue weighted by Crippen LogP contribution is -2.29. The van der Waals surface area contributed by atoms with E-state index >= 15 is 0 Å². The molecular weight excluding hydrogens is 547 g/mol. The highest BCUT2D eigenvalue weighted by atomic mass is 19.2. The molecule has 1 unspecified atom stereocenters. The number of carbonyl (C=O) groups is 2. The highest BCUT2D eigenvalue weighted by molar-refractivity contribution is 6.15. The molecule has 1 aliphatic rings. The second-order valence-electron chi connectivity index (χ2n) is 9.12. The largest absolute Gasteiger partial charge is 0.473 e. The van der Waals surface area contributed by atoms with Crippen LogP contribution in [-0.2, 0) is 4.79 Å². The van der Waals surface area contributed by atoms with Gasteiger partial charge in [-0.1, -0.05) is 54.6 Å². The minimum absolute atomic E-state index is 0.0436. The van der Waals surface area contributed by atoms with Crippen molar-refractivity contribution in [1.29, 1.82) is 0 Å². The molecule has 5 nitrogen and oxygen atoms in total. The lowest BCUT2D eigenvalue weighted by molar-refractivity contribution is -0.141. The normalized spacial score (nSPS) is 14.0. The van der Waals surface area contributed by atoms with Gasteiger partial charge in [0, 0.05) is 6.07 Å². The number of halogens is 5. The summed E-state index contributed by atoms with van der Waals surface area (Å²) in [6, 6.07) is 19.9. The van der Waals surface area contributed by atoms with E-state index in [1.165, 1.54) is 12.1 Å². The molecule has 0 spiro atoms. The van der Waals surface area contributed by atoms with Crippen LogP contribution >= 0.6 is 0 Å². The Morgan fingerprint density at radius 1 is 0.829 bits per heavy atom. The number of carbonyl (C=O) groups excluding carboxylic acids is 2. The fourth-order valence-corrected chi connectivity index (χ4v) is 4.20. The molecule has 1 heterocycles. The minimum atomic E-state index is -2.36. The molecule has 10 heteroatoms. The van der Waals surface area contributed by atoms with Crippen molar-refractivity contribution in [2.45, 2.75) is 20.0 Å². The number of hydrogen-bond acceptors (Lipinski definition) is 5. The van der Waals surface area contributed by atoms with Crippen LogP contribution in [0.15, 0.2) is 72.5 Å². The highest BCUT2D eigenvalue weighted by Gasteiger charge is 2.32. The Hall–Kier alpha value is -4.99. The van der Waals surface area contributed by atoms with E-state index in [1.54, 1.807) is 13.0 Å². The number of ether oxygens (including phenoxy) is 3. The summed E-state index contributed by atoms with van der Waals surface area (Å²) in [5, 5.41) is 0. The summed E-state index contributed by atoms with van der Waals surface area (Å²) >= 11 is 0. The van der Waals surface area contributed by atoms with Crippen LogP contribution in [-0.4, -0.2) is 17.9 Å². The lowest BCUT2D eigenvalue weighted by Gasteiger charge is -2.16. The van der Waals surface area contributed by atoms with Gasteiger partial charge in [0.15, 0.2) is 17.6 Å². The van der Waals surface area contributed by atoms with Crippen molar-refractivity contribution < 1.29 is 45.8 Å². The molecule has 1 aliphatic heterocycles. The first kappa shape index (κ1) is 27.6. The van der Waals surface area contributed by atoms with Gasteiger partial charge >= 0.3 is 5.97 Å². The second kappa shape index (κ2) is 10.9. The average Bonchev–Trinajstić information content (AvgIpc) is 3.28. The Morgan fingerprint density at radius 2 is 1.41 bits per heavy atom. The summed E-state index contributed by atoms with van der Waals surface area (Å²) in [5.41, 5.74) is 3.41. The van der Waals surface area contributed by atoms with E-state index in [2.05, 4.69) is 0 Å². The average molecular weight is 566 g/mol. The van der Waals surface area contributed by atoms with Crippen LogP contribution in [0.1, 0.15) is 28.4 Å². The monoisotopic (exact) mass is 566 g/mol. The molecule has 0 N–H and O–H groups in total. The first-order valence-electron chi connectivity index (χ1n) is 12.2. The Bertz CT molecular complexity index is 1690. The Balaban J connectivity index is 1.32. The SMILES string of the molecule is Cc1cc(OC(=O)C(C)Oc2c(F)c(F)c(F)c(F)c2F)cc2c1C(=O)/C(=C/c1ccc(-c3ccccc3)cc1)O2. The molecule has 0 aliphatic carbocycles. The van der Waals surface area contributed by atoms with Crippen LogP contribution in [0, 0.1) is 36.0 Å². The molecule has 0 radical (unpaired) electrons. The number of aryl methyl sites for hydroxylation is 1. The summed E-state index contributed by atoms with van der Waals surface area (Å²) in [4.78, 5) is 25.5. The van der Waals surface area contributed by atoms with Gasteiger partial charge in [0.05, 0.1) is 5.56 Å². The van der Waals surface area contributed by atoms with Crippen LogP contribution in [0.25, 0.3) is 17.2 Å². The number of hydrogen-bond donors (Lipinski definition) is 0. The fraction of sp³-hybridized carbons (Fsp3) is 0.0968. The topological polar surface area (TPSA) is 61.8 Å². The van der Waals surface area contributed by atoms with E-state index in [-0.39, 0.29) is 28.6 Å². The zero-order chi connectivity index (χ0) is 29.4. The quantitative estimate of drug-likeness (QED) is 0.0610. The number of ketones is 1. The third-order valence-corrected chi connectivity index (χ3v) is 6.27. The van der Waals surface area contributed by atoms with Crippen molar-refractivity contribution in [3.63, 3.8) is 0 Å². The van der Waals surface area contributed by atoms with Crippen LogP contribution < -0.4 is 14.2 Å². The standard InChI is InChI=1S/C31H19F5O5/c1-15-12-20(40-31(38)16(2)39-30-27(35)25(33)24(32)26(34)28(30)36)14-21-23(15)29(37)22(41-21)13-17-8-10-19(11-9-17)18-6-4-3-5-7-18/h3-14,16H,1-2H3/b22-13-. The number of esters is 1. The maximum absolute atomic E-state index is 13.9. The van der Waals surface area contributed by atoms with Gasteiger partial charge in [0.25, 0.3) is 0 Å². The molecule has 0 bridgehead atoms. The Labute approximate surface area is 230 Å². The first-order chi connectivity index (χ1) is 19.5. The maximum Gasteiger partial charge on any atom is 0.352 e. The number of Topliss-reactive ketones (excluding diaryl/α,β-unsaturated/α-hetero) is 1. The fourth-order valence-electron chi connectivity index (χ4n) is 4.20. The Morgan fingerprint density at radius 3 is 2.05 bits per heavy atom. The van der Waals surface area contributed by atoms with Crippen LogP contribution in [0.5, 0.6) is 17.2 Å². The Kier molecular flexibility index (Phi) is 7.32. The van der Waals surface area contributed by atoms with Crippen molar-refractivity contribution in [3.05, 3.63) is 118 Å². The number of fused-ring (bicyclic) bond motifs is 1. The zero-order valence-corrected chi connectivity index (χ0v) is 21.4. The van der Waals surface area contributed by atoms with Gasteiger partial charge in [-0.2, -0.15) is 8.78 Å². The van der Waals surface area contributed by atoms with E-state index < -0.39 is 46.9 Å². The summed E-state index contributed by atoms with van der Waals surface area (Å²) < 4.78 is 83.7. The second-order valence-corrected chi connectivity index (χ2v) is 9.12. The number of benzene rings is 4. The molecule has 4 aromatic rings.